The smallest absolute Gasteiger partial charge is 0.271 e. The Morgan fingerprint density at radius 1 is 1.26 bits per heavy atom. The van der Waals surface area contributed by atoms with E-state index in [9.17, 15) is 19.7 Å². The topological polar surface area (TPSA) is 92.5 Å². The van der Waals surface area contributed by atoms with Gasteiger partial charge in [0.05, 0.1) is 22.3 Å². The monoisotopic (exact) mass is 445 g/mol. The van der Waals surface area contributed by atoms with Crippen LogP contribution in [0.5, 0.6) is 0 Å². The van der Waals surface area contributed by atoms with Gasteiger partial charge in [0.1, 0.15) is 5.88 Å². The Kier molecular flexibility index (Phi) is 5.81. The van der Waals surface area contributed by atoms with Crippen LogP contribution in [0.25, 0.3) is 0 Å². The van der Waals surface area contributed by atoms with E-state index >= 15 is 0 Å². The molecular formula is C23H28ClN3O4. The summed E-state index contributed by atoms with van der Waals surface area (Å²) in [5, 5.41) is 14.7. The number of allylic oxidation sites excluding steroid dienone is 1. The van der Waals surface area contributed by atoms with Crippen molar-refractivity contribution in [3.63, 3.8) is 0 Å². The molecule has 1 amide bonds. The van der Waals surface area contributed by atoms with Gasteiger partial charge >= 0.3 is 0 Å². The number of nitrogens with one attached hydrogen (secondary N) is 1. The number of Topliss-reactive ketones (excluding diaryl/α,β-unsaturated/α-hetero) is 1. The molecule has 3 aliphatic rings. The Labute approximate surface area is 187 Å². The summed E-state index contributed by atoms with van der Waals surface area (Å²) in [6.07, 6.45) is 6.21. The van der Waals surface area contributed by atoms with Gasteiger partial charge in [0, 0.05) is 29.8 Å². The van der Waals surface area contributed by atoms with Crippen molar-refractivity contribution in [1.82, 2.24) is 0 Å². The number of fused-ring (bicyclic) bond motifs is 1. The van der Waals surface area contributed by atoms with Gasteiger partial charge in [-0.15, -0.1) is 11.6 Å². The zero-order valence-electron chi connectivity index (χ0n) is 17.9. The minimum atomic E-state index is -0.454. The zero-order chi connectivity index (χ0) is 22.3. The fraction of sp³-hybridized carbons (Fsp3) is 0.565. The minimum absolute atomic E-state index is 0.0454. The number of hydrogen-bond donors (Lipinski definition) is 1. The lowest BCUT2D eigenvalue weighted by Gasteiger charge is -2.41. The number of nitrogens with zero attached hydrogens (tertiary/aromatic N) is 2. The van der Waals surface area contributed by atoms with E-state index in [1.165, 1.54) is 12.1 Å². The second-order valence-electron chi connectivity index (χ2n) is 9.66. The van der Waals surface area contributed by atoms with E-state index in [1.807, 2.05) is 13.8 Å². The summed E-state index contributed by atoms with van der Waals surface area (Å²) in [5.41, 5.74) is 2.17. The second kappa shape index (κ2) is 8.26. The molecule has 1 fully saturated rings. The first-order valence-electron chi connectivity index (χ1n) is 10.9. The van der Waals surface area contributed by atoms with Crippen molar-refractivity contribution in [3.05, 3.63) is 39.6 Å². The second-order valence-corrected chi connectivity index (χ2v) is 9.92. The molecule has 1 aliphatic heterocycles. The van der Waals surface area contributed by atoms with Gasteiger partial charge in [-0.05, 0) is 36.7 Å². The average molecular weight is 446 g/mol. The molecule has 0 radical (unpaired) electrons. The number of rotatable bonds is 3. The third-order valence-corrected chi connectivity index (χ3v) is 6.94. The number of benzene rings is 1. The average Bonchev–Trinajstić information content (AvgIpc) is 2.86. The number of alkyl halides is 1. The van der Waals surface area contributed by atoms with E-state index < -0.39 is 11.0 Å². The normalized spacial score (nSPS) is 23.5. The van der Waals surface area contributed by atoms with Gasteiger partial charge in [0.25, 0.3) is 5.69 Å². The molecule has 1 aromatic carbocycles. The van der Waals surface area contributed by atoms with Gasteiger partial charge < -0.3 is 10.2 Å². The summed E-state index contributed by atoms with van der Waals surface area (Å²) in [4.78, 5) is 39.2. The van der Waals surface area contributed by atoms with Gasteiger partial charge in [0.15, 0.2) is 5.78 Å². The molecule has 0 aromatic heterocycles. The van der Waals surface area contributed by atoms with E-state index in [-0.39, 0.29) is 34.6 Å². The molecule has 1 atom stereocenters. The molecule has 0 spiro atoms. The quantitative estimate of drug-likeness (QED) is 0.393. The van der Waals surface area contributed by atoms with Crippen LogP contribution in [0.1, 0.15) is 58.8 Å². The summed E-state index contributed by atoms with van der Waals surface area (Å²) in [7, 11) is 0. The fourth-order valence-electron chi connectivity index (χ4n) is 5.43. The first-order chi connectivity index (χ1) is 14.7. The van der Waals surface area contributed by atoms with Gasteiger partial charge in [-0.3, -0.25) is 19.7 Å². The predicted octanol–water partition coefficient (Wildman–Crippen LogP) is 5.18. The van der Waals surface area contributed by atoms with Gasteiger partial charge in [-0.1, -0.05) is 33.1 Å². The number of nitro benzene ring substituents is 1. The Bertz CT molecular complexity index is 966. The van der Waals surface area contributed by atoms with Gasteiger partial charge in [-0.25, -0.2) is 0 Å². The van der Waals surface area contributed by atoms with Crippen LogP contribution in [0.4, 0.5) is 17.1 Å². The fourth-order valence-corrected chi connectivity index (χ4v) is 5.56. The Morgan fingerprint density at radius 3 is 2.61 bits per heavy atom. The molecule has 7 nitrogen and oxygen atoms in total. The molecule has 8 heteroatoms. The Balaban J connectivity index is 1.95. The minimum Gasteiger partial charge on any atom is -0.357 e. The maximum atomic E-state index is 13.5. The van der Waals surface area contributed by atoms with Gasteiger partial charge in [-0.2, -0.15) is 0 Å². The van der Waals surface area contributed by atoms with Crippen molar-refractivity contribution in [2.45, 2.75) is 64.8 Å². The van der Waals surface area contributed by atoms with Crippen molar-refractivity contribution in [3.8, 4) is 0 Å². The standard InChI is InChI=1S/C23H28ClN3O4/c1-23(2)11-17-21(19(28)12-23)22(14-6-4-3-5-7-14)26(20(29)13-24)18-9-8-15(27(30)31)10-16(18)25-17/h8-10,14,22,25H,3-7,11-13H2,1-2H3. The molecule has 31 heavy (non-hydrogen) atoms. The number of ketones is 1. The van der Waals surface area contributed by atoms with Crippen molar-refractivity contribution in [1.29, 1.82) is 0 Å². The highest BCUT2D eigenvalue weighted by atomic mass is 35.5. The lowest BCUT2D eigenvalue weighted by Crippen LogP contribution is -2.49. The van der Waals surface area contributed by atoms with E-state index in [4.69, 9.17) is 11.6 Å². The highest BCUT2D eigenvalue weighted by Gasteiger charge is 2.45. The molecular weight excluding hydrogens is 418 g/mol. The SMILES string of the molecule is CC1(C)CC(=O)C2=C(C1)Nc1cc([N+](=O)[O-])ccc1N(C(=O)CCl)C2C1CCCCC1. The molecule has 4 rings (SSSR count). The number of carbonyl (C=O) groups excluding carboxylic acids is 2. The summed E-state index contributed by atoms with van der Waals surface area (Å²) in [6, 6.07) is 4.06. The summed E-state index contributed by atoms with van der Waals surface area (Å²) >= 11 is 6.03. The molecule has 1 saturated carbocycles. The van der Waals surface area contributed by atoms with E-state index in [0.717, 1.165) is 37.8 Å². The lowest BCUT2D eigenvalue weighted by molar-refractivity contribution is -0.384. The van der Waals surface area contributed by atoms with Gasteiger partial charge in [0.2, 0.25) is 5.91 Å². The predicted molar refractivity (Wildman–Crippen MR) is 120 cm³/mol. The molecule has 2 aliphatic carbocycles. The first kappa shape index (κ1) is 21.8. The summed E-state index contributed by atoms with van der Waals surface area (Å²) in [5.74, 6) is -0.314. The third kappa shape index (κ3) is 4.07. The summed E-state index contributed by atoms with van der Waals surface area (Å²) in [6.45, 7) is 4.10. The molecule has 0 saturated heterocycles. The highest BCUT2D eigenvalue weighted by molar-refractivity contribution is 6.30. The highest BCUT2D eigenvalue weighted by Crippen LogP contribution is 2.47. The van der Waals surface area contributed by atoms with Crippen molar-refractivity contribution < 1.29 is 14.5 Å². The summed E-state index contributed by atoms with van der Waals surface area (Å²) < 4.78 is 0. The van der Waals surface area contributed by atoms with E-state index in [0.29, 0.717) is 29.8 Å². The van der Waals surface area contributed by atoms with Crippen LogP contribution in [0, 0.1) is 21.4 Å². The van der Waals surface area contributed by atoms with Crippen molar-refractivity contribution in [2.24, 2.45) is 11.3 Å². The largest absolute Gasteiger partial charge is 0.357 e. The number of anilines is 2. The maximum absolute atomic E-state index is 13.5. The van der Waals surface area contributed by atoms with Crippen LogP contribution in [0.15, 0.2) is 29.5 Å². The Hall–Kier alpha value is -2.41. The van der Waals surface area contributed by atoms with E-state index in [1.54, 1.807) is 11.0 Å². The van der Waals surface area contributed by atoms with Crippen LogP contribution in [-0.2, 0) is 9.59 Å². The first-order valence-corrected chi connectivity index (χ1v) is 11.4. The molecule has 1 heterocycles. The Morgan fingerprint density at radius 2 is 1.97 bits per heavy atom. The van der Waals surface area contributed by atoms with E-state index in [2.05, 4.69) is 5.32 Å². The zero-order valence-corrected chi connectivity index (χ0v) is 18.7. The molecule has 1 aromatic rings. The molecule has 1 unspecified atom stereocenters. The van der Waals surface area contributed by atoms with Crippen LogP contribution in [0.3, 0.4) is 0 Å². The lowest BCUT2D eigenvalue weighted by atomic mass is 9.70. The molecule has 1 N–H and O–H groups in total. The number of nitro groups is 1. The van der Waals surface area contributed by atoms with Crippen molar-refractivity contribution >= 4 is 40.4 Å². The van der Waals surface area contributed by atoms with Crippen LogP contribution in [-0.4, -0.2) is 28.5 Å². The number of halogens is 1. The number of non-ortho nitro benzene ring substituents is 1. The van der Waals surface area contributed by atoms with Crippen molar-refractivity contribution in [2.75, 3.05) is 16.1 Å². The van der Waals surface area contributed by atoms with Crippen LogP contribution in [0.2, 0.25) is 0 Å². The van der Waals surface area contributed by atoms with Crippen LogP contribution >= 0.6 is 11.6 Å². The maximum Gasteiger partial charge on any atom is 0.271 e. The number of hydrogen-bond acceptors (Lipinski definition) is 5. The van der Waals surface area contributed by atoms with Crippen LogP contribution < -0.4 is 10.2 Å². The third-order valence-electron chi connectivity index (χ3n) is 6.71. The molecule has 0 bridgehead atoms. The number of carbonyl (C=O) groups is 2. The molecule has 166 valence electrons. The number of amides is 1.